The summed E-state index contributed by atoms with van der Waals surface area (Å²) in [5.74, 6) is -10.6. The summed E-state index contributed by atoms with van der Waals surface area (Å²) in [6.45, 7) is 30.8. The van der Waals surface area contributed by atoms with Gasteiger partial charge in [0.05, 0.1) is 13.2 Å². The van der Waals surface area contributed by atoms with E-state index in [0.29, 0.717) is 19.3 Å². The predicted octanol–water partition coefficient (Wildman–Crippen LogP) is 1.53. The minimum Gasteiger partial charge on any atom is -0.467 e. The first-order chi connectivity index (χ1) is 46.5. The Bertz CT molecular complexity index is 2690. The lowest BCUT2D eigenvalue weighted by atomic mass is 9.95. The van der Waals surface area contributed by atoms with Gasteiger partial charge < -0.3 is 82.0 Å². The van der Waals surface area contributed by atoms with Crippen molar-refractivity contribution < 1.29 is 81.7 Å². The third-order valence-electron chi connectivity index (χ3n) is 17.9. The van der Waals surface area contributed by atoms with Crippen molar-refractivity contribution in [2.75, 3.05) is 68.7 Å². The van der Waals surface area contributed by atoms with E-state index in [1.54, 1.807) is 41.5 Å². The number of ether oxygens (including phenoxy) is 2. The smallest absolute Gasteiger partial charge is 0.328 e. The Balaban J connectivity index is 6.07. The number of rotatable bonds is 46. The highest BCUT2D eigenvalue weighted by Gasteiger charge is 2.41. The van der Waals surface area contributed by atoms with E-state index in [0.717, 1.165) is 0 Å². The summed E-state index contributed by atoms with van der Waals surface area (Å²) in [7, 11) is 8.37. The second-order valence-electron chi connectivity index (χ2n) is 28.5. The van der Waals surface area contributed by atoms with Crippen molar-refractivity contribution in [3.05, 3.63) is 0 Å². The van der Waals surface area contributed by atoms with Crippen molar-refractivity contribution in [3.63, 3.8) is 0 Å². The third kappa shape index (κ3) is 30.8. The van der Waals surface area contributed by atoms with Gasteiger partial charge in [0.2, 0.25) is 76.8 Å². The number of amides is 13. The molecule has 0 rings (SSSR count). The maximum atomic E-state index is 14.4. The van der Waals surface area contributed by atoms with E-state index in [9.17, 15) is 72.2 Å². The molecule has 30 heteroatoms. The fraction of sp³-hybridized carbons (Fsp3) is 0.800. The zero-order valence-electron chi connectivity index (χ0n) is 64.4. The van der Waals surface area contributed by atoms with Gasteiger partial charge in [-0.1, -0.05) is 130 Å². The number of nitrogens with zero attached hydrogens (tertiary/aromatic N) is 4. The lowest BCUT2D eigenvalue weighted by molar-refractivity contribution is -0.155. The number of carbonyl (C=O) groups is 14. The van der Waals surface area contributed by atoms with Crippen LogP contribution in [-0.4, -0.2) is 243 Å². The lowest BCUT2D eigenvalue weighted by Gasteiger charge is -2.35. The molecular weight excluding hydrogens is 1290 g/mol. The topological polar surface area (TPSA) is 399 Å². The first kappa shape index (κ1) is 92.5. The molecule has 14 atom stereocenters. The normalized spacial score (nSPS) is 15.7. The minimum atomic E-state index is -1.51. The average Bonchev–Trinajstić information content (AvgIpc) is 0.851. The van der Waals surface area contributed by atoms with Crippen LogP contribution in [0.2, 0.25) is 0 Å². The van der Waals surface area contributed by atoms with Gasteiger partial charge in [0.15, 0.2) is 0 Å². The molecule has 0 aromatic rings. The van der Waals surface area contributed by atoms with Crippen molar-refractivity contribution in [1.29, 1.82) is 0 Å². The number of hydrogen-bond donors (Lipinski definition) is 10. The van der Waals surface area contributed by atoms with Crippen LogP contribution < -0.4 is 47.9 Å². The highest BCUT2D eigenvalue weighted by molar-refractivity contribution is 5.97. The number of hydrogen-bond acceptors (Lipinski definition) is 17. The molecule has 0 aromatic heterocycles. The Morgan fingerprint density at radius 1 is 0.380 bits per heavy atom. The zero-order valence-corrected chi connectivity index (χ0v) is 64.4. The van der Waals surface area contributed by atoms with Crippen molar-refractivity contribution in [2.45, 2.75) is 249 Å². The van der Waals surface area contributed by atoms with Gasteiger partial charge in [-0.15, -0.1) is 0 Å². The molecule has 0 radical (unpaired) electrons. The first-order valence-electron chi connectivity index (χ1n) is 35.4. The molecule has 574 valence electrons. The number of likely N-dealkylation sites (N-methyl/N-ethyl adjacent to an activating group) is 4. The van der Waals surface area contributed by atoms with Crippen LogP contribution in [0.3, 0.4) is 0 Å². The molecule has 0 heterocycles. The second kappa shape index (κ2) is 46.1. The summed E-state index contributed by atoms with van der Waals surface area (Å²) < 4.78 is 9.87. The van der Waals surface area contributed by atoms with E-state index in [1.807, 2.05) is 69.2 Å². The van der Waals surface area contributed by atoms with Crippen molar-refractivity contribution in [2.24, 2.45) is 47.3 Å². The monoisotopic (exact) mass is 1420 g/mol. The predicted molar refractivity (Wildman–Crippen MR) is 378 cm³/mol. The van der Waals surface area contributed by atoms with Crippen molar-refractivity contribution in [3.8, 4) is 0 Å². The summed E-state index contributed by atoms with van der Waals surface area (Å²) in [5.41, 5.74) is 0. The van der Waals surface area contributed by atoms with Crippen LogP contribution in [0.15, 0.2) is 0 Å². The molecule has 0 unspecified atom stereocenters. The summed E-state index contributed by atoms with van der Waals surface area (Å²) >= 11 is 0. The van der Waals surface area contributed by atoms with E-state index in [1.165, 1.54) is 75.9 Å². The quantitative estimate of drug-likeness (QED) is 0.0386. The van der Waals surface area contributed by atoms with Crippen molar-refractivity contribution >= 4 is 82.8 Å². The van der Waals surface area contributed by atoms with Gasteiger partial charge >= 0.3 is 5.97 Å². The fourth-order valence-electron chi connectivity index (χ4n) is 11.5. The minimum absolute atomic E-state index is 0.00436. The zero-order chi connectivity index (χ0) is 77.3. The van der Waals surface area contributed by atoms with E-state index >= 15 is 0 Å². The molecule has 0 saturated heterocycles. The summed E-state index contributed by atoms with van der Waals surface area (Å²) in [5, 5.41) is 34.8. The van der Waals surface area contributed by atoms with E-state index in [-0.39, 0.29) is 94.4 Å². The Hall–Kier alpha value is -7.50. The van der Waals surface area contributed by atoms with Gasteiger partial charge in [-0.05, 0) is 80.5 Å². The number of aliphatic hydroxyl groups is 1. The van der Waals surface area contributed by atoms with E-state index in [4.69, 9.17) is 9.47 Å². The SMILES string of the molecule is CC[C@H](C)[C@@H](C(=O)NCCC(=O)N[C@@H](C(=O)N(C)[C@H](C(=O)N[C@@H](C)C(=O)NCCC(=O)N[C@H](CC(C)C)C(=O)N(C)[C@@H](C(=O)OC)[C@@H](C)CC)C(C)C)[C@@H](C)CC)N(C)C(=O)[C@@H](CC(C)C)NC(=O)CCNC(=O)[C@@H](NC(=O)[C@@H](CC(C)C)N(C)C(=O)[C@@H](NC(=O)COC)C(C)C)[C@@H](C)O. The molecule has 0 bridgehead atoms. The van der Waals surface area contributed by atoms with Gasteiger partial charge in [-0.25, -0.2) is 4.79 Å². The summed E-state index contributed by atoms with van der Waals surface area (Å²) in [6.07, 6.45) is -0.155. The molecule has 0 fully saturated rings. The summed E-state index contributed by atoms with van der Waals surface area (Å²) in [4.78, 5) is 196. The number of methoxy groups -OCH3 is 2. The maximum absolute atomic E-state index is 14.4. The van der Waals surface area contributed by atoms with Gasteiger partial charge in [-0.2, -0.15) is 0 Å². The van der Waals surface area contributed by atoms with Crippen LogP contribution in [0, 0.1) is 47.3 Å². The third-order valence-corrected chi connectivity index (χ3v) is 17.9. The standard InChI is InChI=1S/C70H127N13O17/c1-25-43(14)56(69(97)81(20)58(42(12)13)65(93)74-46(17)61(89)71-31-28-51(85)76-49(35-39(6)7)67(95)83(22)60(45(16)27-3)70(98)100-24)77-53(87)30-33-73-64(92)59(44(15)26-2)82(21)66(94)48(34-38(4)5)75-52(86)29-32-72-63(91)57(47(18)84)79-62(90)50(36-40(8)9)80(19)68(96)55(41(10)11)78-54(88)37-99-23/h38-50,55-60,84H,25-37H2,1-24H3,(H,71,89)(H,72,91)(H,73,92)(H,74,93)(H,75,86)(H,76,85)(H,77,87)(H,78,88)(H,79,90)/t43-,44-,45-,46-,47+,48+,49+,50+,55-,56+,57-,58-,59-,60+/m0/s1. The van der Waals surface area contributed by atoms with Crippen LogP contribution in [0.25, 0.3) is 0 Å². The molecule has 10 N–H and O–H groups in total. The Morgan fingerprint density at radius 3 is 1.19 bits per heavy atom. The van der Waals surface area contributed by atoms with Crippen LogP contribution in [-0.2, 0) is 76.6 Å². The average molecular weight is 1420 g/mol. The molecule has 100 heavy (non-hydrogen) atoms. The van der Waals surface area contributed by atoms with Crippen LogP contribution in [0.1, 0.15) is 182 Å². The number of aliphatic hydroxyl groups excluding tert-OH is 1. The van der Waals surface area contributed by atoms with E-state index < -0.39 is 167 Å². The molecule has 0 aliphatic heterocycles. The Labute approximate surface area is 594 Å². The van der Waals surface area contributed by atoms with Gasteiger partial charge in [0.1, 0.15) is 67.0 Å². The number of nitrogens with one attached hydrogen (secondary N) is 9. The lowest BCUT2D eigenvalue weighted by Crippen LogP contribution is -2.60. The molecule has 30 nitrogen and oxygen atoms in total. The van der Waals surface area contributed by atoms with Gasteiger partial charge in [0.25, 0.3) is 0 Å². The molecule has 0 saturated carbocycles. The molecule has 0 spiro atoms. The van der Waals surface area contributed by atoms with E-state index in [2.05, 4.69) is 47.9 Å². The fourth-order valence-corrected chi connectivity index (χ4v) is 11.5. The Kier molecular flexibility index (Phi) is 42.6. The summed E-state index contributed by atoms with van der Waals surface area (Å²) in [6, 6.07) is -11.0. The van der Waals surface area contributed by atoms with Gasteiger partial charge in [0, 0.05) is 74.2 Å². The van der Waals surface area contributed by atoms with Crippen molar-refractivity contribution in [1.82, 2.24) is 67.5 Å². The molecule has 0 aliphatic carbocycles. The largest absolute Gasteiger partial charge is 0.467 e. The molecule has 13 amide bonds. The molecular formula is C70H127N13O17. The van der Waals surface area contributed by atoms with Crippen LogP contribution in [0.5, 0.6) is 0 Å². The maximum Gasteiger partial charge on any atom is 0.328 e. The number of carbonyl (C=O) groups excluding carboxylic acids is 14. The highest BCUT2D eigenvalue weighted by Crippen LogP contribution is 2.22. The second-order valence-corrected chi connectivity index (χ2v) is 28.5. The van der Waals surface area contributed by atoms with Crippen LogP contribution >= 0.6 is 0 Å². The molecule has 0 aromatic carbocycles. The molecule has 0 aliphatic rings. The van der Waals surface area contributed by atoms with Gasteiger partial charge in [-0.3, -0.25) is 62.3 Å². The number of esters is 1. The van der Waals surface area contributed by atoms with Crippen LogP contribution in [0.4, 0.5) is 0 Å². The Morgan fingerprint density at radius 2 is 0.780 bits per heavy atom. The first-order valence-corrected chi connectivity index (χ1v) is 35.4. The highest BCUT2D eigenvalue weighted by atomic mass is 16.5.